The molecule has 0 radical (unpaired) electrons. The lowest BCUT2D eigenvalue weighted by Gasteiger charge is -2.14. The molecular formula is C24H19ClFNO3. The molecule has 1 aliphatic rings. The third kappa shape index (κ3) is 4.36. The van der Waals surface area contributed by atoms with Crippen molar-refractivity contribution in [3.05, 3.63) is 93.9 Å². The first-order valence-corrected chi connectivity index (χ1v) is 9.98. The molecule has 4 rings (SSSR count). The Morgan fingerprint density at radius 1 is 1.10 bits per heavy atom. The van der Waals surface area contributed by atoms with Crippen LogP contribution in [0.1, 0.15) is 46.3 Å². The Morgan fingerprint density at radius 3 is 2.63 bits per heavy atom. The van der Waals surface area contributed by atoms with Crippen LogP contribution < -0.4 is 4.74 Å². The minimum atomic E-state index is -1.16. The molecule has 2 aromatic carbocycles. The second-order valence-corrected chi connectivity index (χ2v) is 7.56. The molecule has 3 aromatic rings. The zero-order valence-corrected chi connectivity index (χ0v) is 16.8. The number of allylic oxidation sites excluding steroid dienone is 2. The van der Waals surface area contributed by atoms with Gasteiger partial charge >= 0.3 is 5.97 Å². The largest absolute Gasteiger partial charge is 0.478 e. The number of carbonyl (C=O) groups is 1. The van der Waals surface area contributed by atoms with Gasteiger partial charge in [0.05, 0.1) is 10.6 Å². The Balaban J connectivity index is 1.75. The number of ether oxygens (including phenoxy) is 1. The second-order valence-electron chi connectivity index (χ2n) is 7.12. The number of hydrogen-bond donors (Lipinski definition) is 1. The molecule has 0 unspecified atom stereocenters. The molecule has 0 aliphatic heterocycles. The highest BCUT2D eigenvalue weighted by atomic mass is 35.5. The zero-order valence-electron chi connectivity index (χ0n) is 16.1. The van der Waals surface area contributed by atoms with Crippen molar-refractivity contribution < 1.29 is 19.0 Å². The predicted octanol–water partition coefficient (Wildman–Crippen LogP) is 6.25. The fourth-order valence-corrected chi connectivity index (χ4v) is 3.89. The summed E-state index contributed by atoms with van der Waals surface area (Å²) in [6.07, 6.45) is 3.86. The quantitative estimate of drug-likeness (QED) is 0.509. The van der Waals surface area contributed by atoms with E-state index in [0.717, 1.165) is 41.2 Å². The second kappa shape index (κ2) is 8.67. The van der Waals surface area contributed by atoms with Crippen molar-refractivity contribution in [2.24, 2.45) is 0 Å². The summed E-state index contributed by atoms with van der Waals surface area (Å²) in [5, 5.41) is 9.76. The summed E-state index contributed by atoms with van der Waals surface area (Å²) in [4.78, 5) is 15.7. The summed E-state index contributed by atoms with van der Waals surface area (Å²) in [6, 6.07) is 15.5. The van der Waals surface area contributed by atoms with E-state index < -0.39 is 11.8 Å². The smallest absolute Gasteiger partial charge is 0.335 e. The van der Waals surface area contributed by atoms with Gasteiger partial charge in [-0.2, -0.15) is 0 Å². The summed E-state index contributed by atoms with van der Waals surface area (Å²) in [7, 11) is 0. The van der Waals surface area contributed by atoms with Crippen LogP contribution in [-0.4, -0.2) is 16.1 Å². The lowest BCUT2D eigenvalue weighted by Crippen LogP contribution is -2.02. The number of aromatic carboxylic acids is 1. The Hall–Kier alpha value is -3.18. The van der Waals surface area contributed by atoms with Crippen molar-refractivity contribution in [3.8, 4) is 5.88 Å². The number of carboxylic acids is 1. The monoisotopic (exact) mass is 423 g/mol. The van der Waals surface area contributed by atoms with Crippen LogP contribution in [-0.2, 0) is 6.61 Å². The number of halogens is 2. The number of carboxylic acid groups (broad SMARTS) is 1. The molecular weight excluding hydrogens is 405 g/mol. The maximum Gasteiger partial charge on any atom is 0.335 e. The van der Waals surface area contributed by atoms with E-state index in [9.17, 15) is 14.3 Å². The molecule has 30 heavy (non-hydrogen) atoms. The van der Waals surface area contributed by atoms with Crippen LogP contribution in [0.5, 0.6) is 5.88 Å². The third-order valence-corrected chi connectivity index (χ3v) is 5.28. The van der Waals surface area contributed by atoms with E-state index in [0.29, 0.717) is 29.5 Å². The molecule has 0 fully saturated rings. The number of aromatic nitrogens is 1. The SMILES string of the molecule is O=C(O)c1cc(F)cc(C2=C(c3cc(Cl)cnc3OCc3ccccc3)CCC2)c1. The summed E-state index contributed by atoms with van der Waals surface area (Å²) >= 11 is 6.22. The summed E-state index contributed by atoms with van der Waals surface area (Å²) in [5.74, 6) is -1.28. The van der Waals surface area contributed by atoms with Gasteiger partial charge in [-0.1, -0.05) is 41.9 Å². The predicted molar refractivity (Wildman–Crippen MR) is 114 cm³/mol. The van der Waals surface area contributed by atoms with E-state index in [2.05, 4.69) is 4.98 Å². The van der Waals surface area contributed by atoms with Crippen molar-refractivity contribution in [3.63, 3.8) is 0 Å². The highest BCUT2D eigenvalue weighted by molar-refractivity contribution is 6.30. The van der Waals surface area contributed by atoms with Crippen molar-refractivity contribution in [2.75, 3.05) is 0 Å². The van der Waals surface area contributed by atoms with Crippen LogP contribution in [0.25, 0.3) is 11.1 Å². The molecule has 0 saturated carbocycles. The maximum absolute atomic E-state index is 14.1. The molecule has 6 heteroatoms. The number of hydrogen-bond acceptors (Lipinski definition) is 3. The molecule has 0 spiro atoms. The van der Waals surface area contributed by atoms with Gasteiger partial charge in [0.1, 0.15) is 12.4 Å². The fraction of sp³-hybridized carbons (Fsp3) is 0.167. The van der Waals surface area contributed by atoms with E-state index >= 15 is 0 Å². The van der Waals surface area contributed by atoms with Crippen molar-refractivity contribution >= 4 is 28.7 Å². The van der Waals surface area contributed by atoms with Gasteiger partial charge in [-0.25, -0.2) is 14.2 Å². The average molecular weight is 424 g/mol. The molecule has 0 atom stereocenters. The topological polar surface area (TPSA) is 59.4 Å². The minimum absolute atomic E-state index is 0.0754. The highest BCUT2D eigenvalue weighted by Crippen LogP contribution is 2.43. The normalized spacial score (nSPS) is 13.5. The van der Waals surface area contributed by atoms with Gasteiger partial charge < -0.3 is 9.84 Å². The van der Waals surface area contributed by atoms with Crippen LogP contribution >= 0.6 is 11.6 Å². The molecule has 0 saturated heterocycles. The lowest BCUT2D eigenvalue weighted by molar-refractivity contribution is 0.0696. The highest BCUT2D eigenvalue weighted by Gasteiger charge is 2.23. The van der Waals surface area contributed by atoms with Crippen LogP contribution in [0.4, 0.5) is 4.39 Å². The number of pyridine rings is 1. The number of rotatable bonds is 6. The van der Waals surface area contributed by atoms with Gasteiger partial charge in [-0.05, 0) is 65.8 Å². The zero-order chi connectivity index (χ0) is 21.1. The molecule has 0 bridgehead atoms. The van der Waals surface area contributed by atoms with Gasteiger partial charge in [0.25, 0.3) is 0 Å². The molecule has 4 nitrogen and oxygen atoms in total. The third-order valence-electron chi connectivity index (χ3n) is 5.07. The summed E-state index contributed by atoms with van der Waals surface area (Å²) in [5.41, 5.74) is 4.10. The van der Waals surface area contributed by atoms with E-state index in [1.807, 2.05) is 30.3 Å². The first kappa shape index (κ1) is 20.1. The standard InChI is InChI=1S/C24H19ClFNO3/c25-18-12-22(23(27-13-18)30-14-15-5-2-1-3-6-15)21-8-4-7-20(21)16-9-17(24(28)29)11-19(26)10-16/h1-3,5-6,9-13H,4,7-8,14H2,(H,28,29). The van der Waals surface area contributed by atoms with Gasteiger partial charge in [0.2, 0.25) is 5.88 Å². The number of nitrogens with zero attached hydrogens (tertiary/aromatic N) is 1. The Kier molecular flexibility index (Phi) is 5.81. The average Bonchev–Trinajstić information content (AvgIpc) is 3.23. The first-order chi connectivity index (χ1) is 14.5. The van der Waals surface area contributed by atoms with Gasteiger partial charge in [0, 0.05) is 11.8 Å². The summed E-state index contributed by atoms with van der Waals surface area (Å²) < 4.78 is 20.1. The van der Waals surface area contributed by atoms with E-state index in [1.165, 1.54) is 18.3 Å². The molecule has 0 amide bonds. The van der Waals surface area contributed by atoms with Crippen LogP contribution in [0, 0.1) is 5.82 Å². The number of benzene rings is 2. The van der Waals surface area contributed by atoms with Crippen molar-refractivity contribution in [1.29, 1.82) is 0 Å². The van der Waals surface area contributed by atoms with E-state index in [-0.39, 0.29) is 5.56 Å². The van der Waals surface area contributed by atoms with Crippen LogP contribution in [0.15, 0.2) is 60.8 Å². The van der Waals surface area contributed by atoms with E-state index in [1.54, 1.807) is 6.07 Å². The van der Waals surface area contributed by atoms with Crippen molar-refractivity contribution in [1.82, 2.24) is 4.98 Å². The molecule has 1 N–H and O–H groups in total. The van der Waals surface area contributed by atoms with Crippen molar-refractivity contribution in [2.45, 2.75) is 25.9 Å². The summed E-state index contributed by atoms with van der Waals surface area (Å²) in [6.45, 7) is 0.355. The minimum Gasteiger partial charge on any atom is -0.478 e. The fourth-order valence-electron chi connectivity index (χ4n) is 3.73. The Bertz CT molecular complexity index is 1130. The van der Waals surface area contributed by atoms with Crippen LogP contribution in [0.3, 0.4) is 0 Å². The van der Waals surface area contributed by atoms with Gasteiger partial charge in [-0.15, -0.1) is 0 Å². The Labute approximate surface area is 178 Å². The molecule has 1 aromatic heterocycles. The van der Waals surface area contributed by atoms with E-state index in [4.69, 9.17) is 16.3 Å². The molecule has 1 aliphatic carbocycles. The first-order valence-electron chi connectivity index (χ1n) is 9.60. The van der Waals surface area contributed by atoms with Gasteiger partial charge in [-0.3, -0.25) is 0 Å². The maximum atomic E-state index is 14.1. The van der Waals surface area contributed by atoms with Gasteiger partial charge in [0.15, 0.2) is 0 Å². The molecule has 152 valence electrons. The molecule has 1 heterocycles. The lowest BCUT2D eigenvalue weighted by atomic mass is 9.96. The Morgan fingerprint density at radius 2 is 1.87 bits per heavy atom. The van der Waals surface area contributed by atoms with Crippen LogP contribution in [0.2, 0.25) is 5.02 Å².